The Balaban J connectivity index is 1.61. The minimum absolute atomic E-state index is 0.677. The van der Waals surface area contributed by atoms with E-state index in [0.29, 0.717) is 12.0 Å². The second kappa shape index (κ2) is 5.04. The molecule has 2 aliphatic heterocycles. The Kier molecular flexibility index (Phi) is 3.45. The van der Waals surface area contributed by atoms with Gasteiger partial charge in [-0.25, -0.2) is 4.98 Å². The molecule has 3 nitrogen and oxygen atoms in total. The fourth-order valence-electron chi connectivity index (χ4n) is 2.92. The maximum atomic E-state index is 4.84. The van der Waals surface area contributed by atoms with Crippen molar-refractivity contribution in [3.63, 3.8) is 0 Å². The van der Waals surface area contributed by atoms with E-state index in [-0.39, 0.29) is 0 Å². The normalized spacial score (nSPS) is 30.2. The summed E-state index contributed by atoms with van der Waals surface area (Å²) in [7, 11) is 2.21. The summed E-state index contributed by atoms with van der Waals surface area (Å²) in [6.07, 6.45) is 5.05. The Bertz CT molecular complexity index is 370. The minimum Gasteiger partial charge on any atom is -0.314 e. The third kappa shape index (κ3) is 2.69. The third-order valence-corrected chi connectivity index (χ3v) is 4.98. The van der Waals surface area contributed by atoms with E-state index in [0.717, 1.165) is 6.42 Å². The van der Waals surface area contributed by atoms with Crippen LogP contribution in [0.2, 0.25) is 0 Å². The van der Waals surface area contributed by atoms with Crippen molar-refractivity contribution in [2.75, 3.05) is 26.7 Å². The zero-order chi connectivity index (χ0) is 11.7. The zero-order valence-corrected chi connectivity index (χ0v) is 11.3. The van der Waals surface area contributed by atoms with Crippen LogP contribution in [0, 0.1) is 0 Å². The summed E-state index contributed by atoms with van der Waals surface area (Å²) >= 11 is 1.87. The first-order valence-corrected chi connectivity index (χ1v) is 7.55. The summed E-state index contributed by atoms with van der Waals surface area (Å²) in [5.74, 6) is 0.690. The number of hydrogen-bond acceptors (Lipinski definition) is 4. The highest BCUT2D eigenvalue weighted by molar-refractivity contribution is 7.09. The third-order valence-electron chi connectivity index (χ3n) is 3.93. The van der Waals surface area contributed by atoms with Crippen molar-refractivity contribution < 1.29 is 0 Å². The van der Waals surface area contributed by atoms with E-state index in [1.807, 2.05) is 11.3 Å². The van der Waals surface area contributed by atoms with Crippen LogP contribution in [0.15, 0.2) is 5.38 Å². The van der Waals surface area contributed by atoms with Crippen LogP contribution in [0.1, 0.15) is 35.9 Å². The van der Waals surface area contributed by atoms with Gasteiger partial charge >= 0.3 is 0 Å². The Morgan fingerprint density at radius 3 is 3.18 bits per heavy atom. The second-order valence-corrected chi connectivity index (χ2v) is 6.31. The number of hydrogen-bond donors (Lipinski definition) is 1. The summed E-state index contributed by atoms with van der Waals surface area (Å²) < 4.78 is 0. The van der Waals surface area contributed by atoms with Crippen LogP contribution in [0.4, 0.5) is 0 Å². The van der Waals surface area contributed by atoms with E-state index in [1.165, 1.54) is 49.6 Å². The highest BCUT2D eigenvalue weighted by Crippen LogP contribution is 2.29. The molecular formula is C13H21N3S. The predicted molar refractivity (Wildman–Crippen MR) is 71.7 cm³/mol. The maximum absolute atomic E-state index is 4.84. The molecule has 2 atom stereocenters. The molecule has 0 aromatic carbocycles. The van der Waals surface area contributed by atoms with Crippen LogP contribution in [0.3, 0.4) is 0 Å². The fraction of sp³-hybridized carbons (Fsp3) is 0.769. The molecule has 0 radical (unpaired) electrons. The second-order valence-electron chi connectivity index (χ2n) is 5.42. The van der Waals surface area contributed by atoms with Gasteiger partial charge in [0, 0.05) is 30.3 Å². The molecule has 2 unspecified atom stereocenters. The minimum atomic E-state index is 0.677. The summed E-state index contributed by atoms with van der Waals surface area (Å²) in [6, 6.07) is 0.677. The lowest BCUT2D eigenvalue weighted by atomic mass is 10.1. The maximum Gasteiger partial charge on any atom is 0.0972 e. The Morgan fingerprint density at radius 2 is 2.47 bits per heavy atom. The van der Waals surface area contributed by atoms with E-state index in [1.54, 1.807) is 0 Å². The van der Waals surface area contributed by atoms with Crippen molar-refractivity contribution in [2.45, 2.75) is 37.6 Å². The molecule has 17 heavy (non-hydrogen) atoms. The predicted octanol–water partition coefficient (Wildman–Crippen LogP) is 1.86. The number of aromatic nitrogens is 1. The first kappa shape index (κ1) is 11.6. The van der Waals surface area contributed by atoms with Crippen LogP contribution in [0.25, 0.3) is 0 Å². The highest BCUT2D eigenvalue weighted by atomic mass is 32.1. The van der Waals surface area contributed by atoms with Crippen molar-refractivity contribution in [1.82, 2.24) is 15.2 Å². The molecule has 1 N–H and O–H groups in total. The quantitative estimate of drug-likeness (QED) is 0.889. The smallest absolute Gasteiger partial charge is 0.0972 e. The summed E-state index contributed by atoms with van der Waals surface area (Å²) in [6.45, 7) is 3.60. The number of likely N-dealkylation sites (tertiary alicyclic amines) is 1. The first-order valence-electron chi connectivity index (χ1n) is 6.67. The summed E-state index contributed by atoms with van der Waals surface area (Å²) in [4.78, 5) is 7.25. The van der Waals surface area contributed by atoms with Crippen molar-refractivity contribution in [1.29, 1.82) is 0 Å². The molecular weight excluding hydrogens is 230 g/mol. The molecule has 2 aliphatic rings. The Labute approximate surface area is 107 Å². The number of likely N-dealkylation sites (N-methyl/N-ethyl adjacent to an activating group) is 1. The molecule has 1 aromatic heterocycles. The fourth-order valence-corrected chi connectivity index (χ4v) is 3.88. The van der Waals surface area contributed by atoms with E-state index < -0.39 is 0 Å². The largest absolute Gasteiger partial charge is 0.314 e. The number of rotatable bonds is 3. The Morgan fingerprint density at radius 1 is 1.53 bits per heavy atom. The number of thiazole rings is 1. The van der Waals surface area contributed by atoms with Crippen molar-refractivity contribution in [3.8, 4) is 0 Å². The lowest BCUT2D eigenvalue weighted by Crippen LogP contribution is -2.23. The molecule has 2 fully saturated rings. The van der Waals surface area contributed by atoms with Gasteiger partial charge in [-0.3, -0.25) is 0 Å². The van der Waals surface area contributed by atoms with Gasteiger partial charge in [0.25, 0.3) is 0 Å². The standard InChI is InChI=1S/C13H21N3S/c1-16-6-4-10(8-16)13-15-12(9-17-13)7-11-3-2-5-14-11/h9-11,14H,2-8H2,1H3. The van der Waals surface area contributed by atoms with Gasteiger partial charge in [0.1, 0.15) is 0 Å². The summed E-state index contributed by atoms with van der Waals surface area (Å²) in [5.41, 5.74) is 1.30. The average Bonchev–Trinajstić information content (AvgIpc) is 2.99. The van der Waals surface area contributed by atoms with E-state index >= 15 is 0 Å². The topological polar surface area (TPSA) is 28.2 Å². The molecule has 3 rings (SSSR count). The lowest BCUT2D eigenvalue weighted by molar-refractivity contribution is 0.411. The van der Waals surface area contributed by atoms with E-state index in [9.17, 15) is 0 Å². The van der Waals surface area contributed by atoms with Crippen LogP contribution in [-0.2, 0) is 6.42 Å². The van der Waals surface area contributed by atoms with Crippen molar-refractivity contribution in [2.24, 2.45) is 0 Å². The molecule has 0 saturated carbocycles. The monoisotopic (exact) mass is 251 g/mol. The van der Waals surface area contributed by atoms with Gasteiger partial charge in [0.2, 0.25) is 0 Å². The van der Waals surface area contributed by atoms with Gasteiger partial charge in [0.15, 0.2) is 0 Å². The summed E-state index contributed by atoms with van der Waals surface area (Å²) in [5, 5.41) is 7.18. The van der Waals surface area contributed by atoms with Crippen molar-refractivity contribution in [3.05, 3.63) is 16.1 Å². The van der Waals surface area contributed by atoms with Gasteiger partial charge in [0.05, 0.1) is 10.7 Å². The Hall–Kier alpha value is -0.450. The molecule has 2 saturated heterocycles. The first-order chi connectivity index (χ1) is 8.31. The number of nitrogens with one attached hydrogen (secondary N) is 1. The van der Waals surface area contributed by atoms with Crippen LogP contribution < -0.4 is 5.32 Å². The molecule has 0 spiro atoms. The SMILES string of the molecule is CN1CCC(c2nc(CC3CCCN3)cs2)C1. The van der Waals surface area contributed by atoms with Gasteiger partial charge in [-0.1, -0.05) is 0 Å². The van der Waals surface area contributed by atoms with Gasteiger partial charge in [-0.15, -0.1) is 11.3 Å². The molecule has 0 bridgehead atoms. The van der Waals surface area contributed by atoms with E-state index in [4.69, 9.17) is 4.98 Å². The van der Waals surface area contributed by atoms with Crippen LogP contribution in [0.5, 0.6) is 0 Å². The van der Waals surface area contributed by atoms with Gasteiger partial charge < -0.3 is 10.2 Å². The molecule has 0 aliphatic carbocycles. The molecule has 0 amide bonds. The lowest BCUT2D eigenvalue weighted by Gasteiger charge is -2.08. The van der Waals surface area contributed by atoms with Gasteiger partial charge in [-0.2, -0.15) is 0 Å². The molecule has 94 valence electrons. The van der Waals surface area contributed by atoms with Crippen LogP contribution in [-0.4, -0.2) is 42.6 Å². The average molecular weight is 251 g/mol. The molecule has 1 aromatic rings. The van der Waals surface area contributed by atoms with E-state index in [2.05, 4.69) is 22.6 Å². The van der Waals surface area contributed by atoms with Crippen LogP contribution >= 0.6 is 11.3 Å². The van der Waals surface area contributed by atoms with Crippen molar-refractivity contribution >= 4 is 11.3 Å². The number of nitrogens with zero attached hydrogens (tertiary/aromatic N) is 2. The highest BCUT2D eigenvalue weighted by Gasteiger charge is 2.24. The molecule has 4 heteroatoms. The zero-order valence-electron chi connectivity index (χ0n) is 10.5. The molecule has 3 heterocycles. The van der Waals surface area contributed by atoms with Gasteiger partial charge in [-0.05, 0) is 39.4 Å².